The molecule has 4 rings (SSSR count). The van der Waals surface area contributed by atoms with Gasteiger partial charge in [0.2, 0.25) is 0 Å². The average molecular weight is 447 g/mol. The van der Waals surface area contributed by atoms with Crippen LogP contribution in [0, 0.1) is 0 Å². The number of aromatic nitrogens is 3. The van der Waals surface area contributed by atoms with E-state index in [0.29, 0.717) is 5.56 Å². The van der Waals surface area contributed by atoms with Crippen molar-refractivity contribution in [1.29, 1.82) is 0 Å². The third kappa shape index (κ3) is 5.23. The van der Waals surface area contributed by atoms with Crippen LogP contribution in [0.2, 0.25) is 0 Å². The van der Waals surface area contributed by atoms with E-state index < -0.39 is 5.97 Å². The molecule has 1 unspecified atom stereocenters. The van der Waals surface area contributed by atoms with E-state index >= 15 is 0 Å². The van der Waals surface area contributed by atoms with Gasteiger partial charge in [0.25, 0.3) is 5.91 Å². The first-order valence-corrected chi connectivity index (χ1v) is 10.9. The number of carboxylic acids is 1. The molecule has 0 aliphatic rings. The molecule has 0 saturated carbocycles. The molecule has 2 aromatic heterocycles. The summed E-state index contributed by atoms with van der Waals surface area (Å²) >= 11 is 0. The number of amides is 1. The summed E-state index contributed by atoms with van der Waals surface area (Å²) in [5, 5.41) is 15.5. The lowest BCUT2D eigenvalue weighted by molar-refractivity contribution is -0.136. The smallest absolute Gasteiger partial charge is 0.305 e. The molecule has 0 saturated heterocycles. The van der Waals surface area contributed by atoms with Gasteiger partial charge >= 0.3 is 5.97 Å². The molecule has 0 spiro atoms. The van der Waals surface area contributed by atoms with Crippen LogP contribution in [0.3, 0.4) is 0 Å². The fraction of sp³-hybridized carbons (Fsp3) is 0.240. The van der Waals surface area contributed by atoms with Crippen molar-refractivity contribution in [2.24, 2.45) is 0 Å². The third-order valence-corrected chi connectivity index (χ3v) is 5.37. The molecule has 2 heterocycles. The molecule has 0 aliphatic carbocycles. The van der Waals surface area contributed by atoms with E-state index in [-0.39, 0.29) is 25.0 Å². The number of rotatable bonds is 10. The molecule has 0 bridgehead atoms. The fourth-order valence-corrected chi connectivity index (χ4v) is 3.68. The van der Waals surface area contributed by atoms with Crippen molar-refractivity contribution in [2.45, 2.75) is 32.3 Å². The lowest BCUT2D eigenvalue weighted by Crippen LogP contribution is -2.26. The molecule has 0 aliphatic heterocycles. The molecule has 2 N–H and O–H groups in total. The van der Waals surface area contributed by atoms with Crippen LogP contribution in [0.4, 0.5) is 0 Å². The maximum atomic E-state index is 12.2. The molecule has 0 radical (unpaired) electrons. The van der Waals surface area contributed by atoms with Gasteiger partial charge in [-0.1, -0.05) is 25.5 Å². The fourth-order valence-electron chi connectivity index (χ4n) is 3.68. The van der Waals surface area contributed by atoms with Crippen LogP contribution in [-0.2, 0) is 4.79 Å². The zero-order chi connectivity index (χ0) is 23.2. The second-order valence-electron chi connectivity index (χ2n) is 7.71. The van der Waals surface area contributed by atoms with Crippen molar-refractivity contribution in [1.82, 2.24) is 19.5 Å². The van der Waals surface area contributed by atoms with Gasteiger partial charge in [0.15, 0.2) is 0 Å². The number of fused-ring (bicyclic) bond motifs is 1. The van der Waals surface area contributed by atoms with E-state index in [4.69, 9.17) is 9.84 Å². The van der Waals surface area contributed by atoms with Crippen LogP contribution in [0.1, 0.15) is 48.2 Å². The Morgan fingerprint density at radius 3 is 2.52 bits per heavy atom. The number of carbonyl (C=O) groups is 2. The standard InChI is InChI=1S/C25H26N4O4/c1-2-3-22(18-4-6-19(7-5-18)25(32)26-14-13-24(30)31)33-21-10-8-20(9-11-21)28-16-17-29-23(28)12-15-27-29/h4-12,15-17,22H,2-3,13-14H2,1H3,(H,26,32)(H,30,31). The number of aliphatic carboxylic acids is 1. The first-order valence-electron chi connectivity index (χ1n) is 10.9. The van der Waals surface area contributed by atoms with Crippen LogP contribution in [-0.4, -0.2) is 37.7 Å². The summed E-state index contributed by atoms with van der Waals surface area (Å²) in [4.78, 5) is 22.8. The van der Waals surface area contributed by atoms with E-state index in [1.807, 2.05) is 59.4 Å². The minimum absolute atomic E-state index is 0.100. The van der Waals surface area contributed by atoms with Gasteiger partial charge in [0, 0.05) is 36.3 Å². The highest BCUT2D eigenvalue weighted by Crippen LogP contribution is 2.27. The summed E-state index contributed by atoms with van der Waals surface area (Å²) in [7, 11) is 0. The topological polar surface area (TPSA) is 97.9 Å². The summed E-state index contributed by atoms with van der Waals surface area (Å²) in [6, 6.07) is 17.1. The van der Waals surface area contributed by atoms with Crippen LogP contribution in [0.15, 0.2) is 73.2 Å². The summed E-state index contributed by atoms with van der Waals surface area (Å²) in [5.74, 6) is -0.463. The minimum atomic E-state index is -0.943. The van der Waals surface area contributed by atoms with Gasteiger partial charge in [-0.25, -0.2) is 4.52 Å². The predicted molar refractivity (Wildman–Crippen MR) is 124 cm³/mol. The maximum Gasteiger partial charge on any atom is 0.305 e. The average Bonchev–Trinajstić information content (AvgIpc) is 3.43. The monoisotopic (exact) mass is 446 g/mol. The van der Waals surface area contributed by atoms with Crippen molar-refractivity contribution in [3.8, 4) is 11.4 Å². The minimum Gasteiger partial charge on any atom is -0.486 e. The first-order chi connectivity index (χ1) is 16.0. The highest BCUT2D eigenvalue weighted by Gasteiger charge is 2.14. The third-order valence-electron chi connectivity index (χ3n) is 5.37. The lowest BCUT2D eigenvalue weighted by Gasteiger charge is -2.20. The summed E-state index contributed by atoms with van der Waals surface area (Å²) in [6.07, 6.45) is 7.18. The van der Waals surface area contributed by atoms with E-state index in [1.165, 1.54) is 0 Å². The van der Waals surface area contributed by atoms with Gasteiger partial charge in [-0.05, 0) is 48.4 Å². The van der Waals surface area contributed by atoms with E-state index in [9.17, 15) is 9.59 Å². The molecule has 8 heteroatoms. The number of nitrogens with zero attached hydrogens (tertiary/aromatic N) is 3. The molecule has 4 aromatic rings. The number of ether oxygens (including phenoxy) is 1. The van der Waals surface area contributed by atoms with Gasteiger partial charge in [-0.2, -0.15) is 5.10 Å². The summed E-state index contributed by atoms with van der Waals surface area (Å²) in [5.41, 5.74) is 3.47. The largest absolute Gasteiger partial charge is 0.486 e. The number of nitrogens with one attached hydrogen (secondary N) is 1. The molecular formula is C25H26N4O4. The number of hydrogen-bond donors (Lipinski definition) is 2. The summed E-state index contributed by atoms with van der Waals surface area (Å²) < 4.78 is 10.2. The second kappa shape index (κ2) is 10.0. The van der Waals surface area contributed by atoms with E-state index in [0.717, 1.165) is 35.5 Å². The van der Waals surface area contributed by atoms with Crippen molar-refractivity contribution in [2.75, 3.05) is 6.54 Å². The van der Waals surface area contributed by atoms with Crippen molar-refractivity contribution in [3.05, 3.63) is 84.3 Å². The molecule has 0 fully saturated rings. The zero-order valence-corrected chi connectivity index (χ0v) is 18.3. The van der Waals surface area contributed by atoms with Crippen molar-refractivity contribution in [3.63, 3.8) is 0 Å². The maximum absolute atomic E-state index is 12.2. The second-order valence-corrected chi connectivity index (χ2v) is 7.71. The zero-order valence-electron chi connectivity index (χ0n) is 18.3. The number of carboxylic acid groups (broad SMARTS) is 1. The van der Waals surface area contributed by atoms with E-state index in [2.05, 4.69) is 21.9 Å². The Bertz CT molecular complexity index is 1230. The lowest BCUT2D eigenvalue weighted by atomic mass is 10.0. The molecule has 1 amide bonds. The Kier molecular flexibility index (Phi) is 6.73. The van der Waals surface area contributed by atoms with Gasteiger partial charge in [-0.15, -0.1) is 0 Å². The molecule has 2 aromatic carbocycles. The normalized spacial score (nSPS) is 11.9. The van der Waals surface area contributed by atoms with Crippen LogP contribution >= 0.6 is 0 Å². The van der Waals surface area contributed by atoms with E-state index in [1.54, 1.807) is 18.3 Å². The SMILES string of the molecule is CCCC(Oc1ccc(-n2ccn3nccc23)cc1)c1ccc(C(=O)NCCC(=O)O)cc1. The molecule has 8 nitrogen and oxygen atoms in total. The Morgan fingerprint density at radius 2 is 1.82 bits per heavy atom. The molecule has 170 valence electrons. The van der Waals surface area contributed by atoms with Crippen LogP contribution < -0.4 is 10.1 Å². The Morgan fingerprint density at radius 1 is 1.06 bits per heavy atom. The Labute approximate surface area is 191 Å². The van der Waals surface area contributed by atoms with Gasteiger partial charge in [0.1, 0.15) is 17.5 Å². The van der Waals surface area contributed by atoms with Gasteiger partial charge in [-0.3, -0.25) is 9.59 Å². The van der Waals surface area contributed by atoms with Gasteiger partial charge < -0.3 is 19.7 Å². The predicted octanol–water partition coefficient (Wildman–Crippen LogP) is 4.25. The Hall–Kier alpha value is -4.07. The number of carbonyl (C=O) groups excluding carboxylic acids is 1. The number of benzene rings is 2. The molecule has 33 heavy (non-hydrogen) atoms. The van der Waals surface area contributed by atoms with Gasteiger partial charge in [0.05, 0.1) is 12.6 Å². The Balaban J connectivity index is 1.43. The first kappa shape index (κ1) is 22.1. The highest BCUT2D eigenvalue weighted by molar-refractivity contribution is 5.94. The molecular weight excluding hydrogens is 420 g/mol. The highest BCUT2D eigenvalue weighted by atomic mass is 16.5. The number of imidazole rings is 1. The van der Waals surface area contributed by atoms with Crippen LogP contribution in [0.25, 0.3) is 11.3 Å². The number of hydrogen-bond acceptors (Lipinski definition) is 4. The summed E-state index contributed by atoms with van der Waals surface area (Å²) in [6.45, 7) is 2.20. The molecule has 1 atom stereocenters. The van der Waals surface area contributed by atoms with Crippen LogP contribution in [0.5, 0.6) is 5.75 Å². The van der Waals surface area contributed by atoms with Crippen molar-refractivity contribution < 1.29 is 19.4 Å². The van der Waals surface area contributed by atoms with Crippen molar-refractivity contribution >= 4 is 17.5 Å². The quantitative estimate of drug-likeness (QED) is 0.380.